The largest absolute Gasteiger partial charge is 0.350 e. The molecule has 1 atom stereocenters. The molecule has 0 aromatic carbocycles. The number of hydrogen-bond acceptors (Lipinski definition) is 4. The predicted molar refractivity (Wildman–Crippen MR) is 72.1 cm³/mol. The van der Waals surface area contributed by atoms with Gasteiger partial charge in [-0.25, -0.2) is 13.9 Å². The van der Waals surface area contributed by atoms with E-state index < -0.39 is 0 Å². The van der Waals surface area contributed by atoms with E-state index in [4.69, 9.17) is 0 Å². The summed E-state index contributed by atoms with van der Waals surface area (Å²) in [6.07, 6.45) is 9.96. The van der Waals surface area contributed by atoms with Crippen molar-refractivity contribution in [3.05, 3.63) is 29.1 Å². The molecule has 0 bridgehead atoms. The number of fused-ring (bicyclic) bond motifs is 1. The summed E-state index contributed by atoms with van der Waals surface area (Å²) >= 11 is 0. The van der Waals surface area contributed by atoms with Crippen LogP contribution in [0.25, 0.3) is 5.65 Å². The van der Waals surface area contributed by atoms with Gasteiger partial charge in [-0.15, -0.1) is 5.10 Å². The summed E-state index contributed by atoms with van der Waals surface area (Å²) in [5.41, 5.74) is 0.518. The molecule has 0 aliphatic heterocycles. The molecule has 0 amide bonds. The molecule has 1 unspecified atom stereocenters. The van der Waals surface area contributed by atoms with E-state index in [1.54, 1.807) is 23.3 Å². The van der Waals surface area contributed by atoms with E-state index in [0.717, 1.165) is 0 Å². The second-order valence-corrected chi connectivity index (χ2v) is 5.21. The van der Waals surface area contributed by atoms with Crippen molar-refractivity contribution in [1.82, 2.24) is 24.5 Å². The quantitative estimate of drug-likeness (QED) is 0.878. The Morgan fingerprint density at radius 3 is 2.95 bits per heavy atom. The summed E-state index contributed by atoms with van der Waals surface area (Å²) in [4.78, 5) is 16.2. The zero-order valence-electron chi connectivity index (χ0n) is 11.1. The molecular weight excluding hydrogens is 242 g/mol. The monoisotopic (exact) mass is 261 g/mol. The maximum absolute atomic E-state index is 12.2. The molecule has 102 valence electrons. The second kappa shape index (κ2) is 5.13. The van der Waals surface area contributed by atoms with Crippen LogP contribution in [0.4, 0.5) is 0 Å². The van der Waals surface area contributed by atoms with Crippen LogP contribution in [0.3, 0.4) is 0 Å². The van der Waals surface area contributed by atoms with Crippen molar-refractivity contribution >= 4 is 5.65 Å². The minimum Gasteiger partial charge on any atom is -0.315 e. The fourth-order valence-electron chi connectivity index (χ4n) is 3.02. The van der Waals surface area contributed by atoms with Crippen molar-refractivity contribution in [2.45, 2.75) is 38.3 Å². The zero-order chi connectivity index (χ0) is 13.2. The minimum atomic E-state index is -0.0874. The van der Waals surface area contributed by atoms with Gasteiger partial charge in [0.05, 0.1) is 12.7 Å². The maximum atomic E-state index is 12.2. The Morgan fingerprint density at radius 2 is 2.26 bits per heavy atom. The molecule has 6 nitrogen and oxygen atoms in total. The molecule has 2 heterocycles. The van der Waals surface area contributed by atoms with E-state index in [9.17, 15) is 4.79 Å². The SMILES string of the molecule is CNC(Cn1nc2cnccn2c1=O)C1CCCC1. The number of aromatic nitrogens is 4. The van der Waals surface area contributed by atoms with Crippen LogP contribution in [0.1, 0.15) is 25.7 Å². The van der Waals surface area contributed by atoms with Crippen molar-refractivity contribution in [2.75, 3.05) is 7.05 Å². The molecule has 1 aliphatic rings. The lowest BCUT2D eigenvalue weighted by molar-refractivity contribution is 0.325. The number of nitrogens with one attached hydrogen (secondary N) is 1. The Balaban J connectivity index is 1.87. The fraction of sp³-hybridized carbons (Fsp3) is 0.615. The van der Waals surface area contributed by atoms with Gasteiger partial charge in [-0.05, 0) is 25.8 Å². The van der Waals surface area contributed by atoms with Crippen molar-refractivity contribution in [1.29, 1.82) is 0 Å². The summed E-state index contributed by atoms with van der Waals surface area (Å²) in [7, 11) is 1.96. The molecule has 2 aromatic rings. The zero-order valence-corrected chi connectivity index (χ0v) is 11.1. The van der Waals surface area contributed by atoms with E-state index >= 15 is 0 Å². The van der Waals surface area contributed by atoms with E-state index in [1.807, 2.05) is 7.05 Å². The molecule has 3 rings (SSSR count). The second-order valence-electron chi connectivity index (χ2n) is 5.21. The minimum absolute atomic E-state index is 0.0874. The Labute approximate surface area is 111 Å². The third-order valence-corrected chi connectivity index (χ3v) is 4.10. The van der Waals surface area contributed by atoms with Crippen LogP contribution < -0.4 is 11.0 Å². The molecule has 0 spiro atoms. The van der Waals surface area contributed by atoms with Gasteiger partial charge in [-0.2, -0.15) is 0 Å². The van der Waals surface area contributed by atoms with E-state index in [0.29, 0.717) is 24.2 Å². The molecule has 1 N–H and O–H groups in total. The van der Waals surface area contributed by atoms with Crippen molar-refractivity contribution in [3.63, 3.8) is 0 Å². The van der Waals surface area contributed by atoms with Crippen LogP contribution in [0, 0.1) is 5.92 Å². The molecule has 0 saturated heterocycles. The summed E-state index contributed by atoms with van der Waals surface area (Å²) < 4.78 is 3.09. The highest BCUT2D eigenvalue weighted by Gasteiger charge is 2.25. The highest BCUT2D eigenvalue weighted by atomic mass is 16.2. The number of likely N-dealkylation sites (N-methyl/N-ethyl adjacent to an activating group) is 1. The molecule has 19 heavy (non-hydrogen) atoms. The predicted octanol–water partition coefficient (Wildman–Crippen LogP) is 0.669. The molecular formula is C13H19N5O. The maximum Gasteiger partial charge on any atom is 0.350 e. The Morgan fingerprint density at radius 1 is 1.47 bits per heavy atom. The Hall–Kier alpha value is -1.69. The van der Waals surface area contributed by atoms with E-state index in [1.165, 1.54) is 30.1 Å². The van der Waals surface area contributed by atoms with E-state index in [-0.39, 0.29) is 5.69 Å². The summed E-state index contributed by atoms with van der Waals surface area (Å²) in [5.74, 6) is 0.653. The first-order valence-corrected chi connectivity index (χ1v) is 6.86. The van der Waals surface area contributed by atoms with Crippen LogP contribution in [0.5, 0.6) is 0 Å². The van der Waals surface area contributed by atoms with Crippen molar-refractivity contribution in [2.24, 2.45) is 5.92 Å². The van der Waals surface area contributed by atoms with Gasteiger partial charge in [-0.1, -0.05) is 12.8 Å². The average Bonchev–Trinajstić information content (AvgIpc) is 3.06. The van der Waals surface area contributed by atoms with Gasteiger partial charge in [-0.3, -0.25) is 4.98 Å². The topological polar surface area (TPSA) is 64.2 Å². The number of nitrogens with zero attached hydrogens (tertiary/aromatic N) is 4. The Kier molecular flexibility index (Phi) is 3.33. The first-order valence-electron chi connectivity index (χ1n) is 6.86. The third kappa shape index (κ3) is 2.28. The smallest absolute Gasteiger partial charge is 0.315 e. The van der Waals surface area contributed by atoms with Crippen molar-refractivity contribution in [3.8, 4) is 0 Å². The molecule has 1 saturated carbocycles. The lowest BCUT2D eigenvalue weighted by atomic mass is 9.98. The number of hydrogen-bond donors (Lipinski definition) is 1. The average molecular weight is 261 g/mol. The molecule has 2 aromatic heterocycles. The van der Waals surface area contributed by atoms with Gasteiger partial charge in [0.25, 0.3) is 0 Å². The molecule has 1 fully saturated rings. The lowest BCUT2D eigenvalue weighted by Crippen LogP contribution is -2.39. The van der Waals surface area contributed by atoms with Gasteiger partial charge in [0.15, 0.2) is 5.65 Å². The van der Waals surface area contributed by atoms with Crippen LogP contribution in [-0.4, -0.2) is 32.3 Å². The van der Waals surface area contributed by atoms with Crippen LogP contribution in [-0.2, 0) is 6.54 Å². The summed E-state index contributed by atoms with van der Waals surface area (Å²) in [6, 6.07) is 0.318. The summed E-state index contributed by atoms with van der Waals surface area (Å²) in [6.45, 7) is 0.627. The van der Waals surface area contributed by atoms with Crippen LogP contribution >= 0.6 is 0 Å². The van der Waals surface area contributed by atoms with Gasteiger partial charge >= 0.3 is 5.69 Å². The highest BCUT2D eigenvalue weighted by Crippen LogP contribution is 2.28. The first-order chi connectivity index (χ1) is 9.29. The fourth-order valence-corrected chi connectivity index (χ4v) is 3.02. The van der Waals surface area contributed by atoms with E-state index in [2.05, 4.69) is 15.4 Å². The molecule has 1 aliphatic carbocycles. The number of rotatable bonds is 4. The summed E-state index contributed by atoms with van der Waals surface area (Å²) in [5, 5.41) is 7.68. The van der Waals surface area contributed by atoms with Crippen LogP contribution in [0.15, 0.2) is 23.4 Å². The van der Waals surface area contributed by atoms with Crippen LogP contribution in [0.2, 0.25) is 0 Å². The molecule has 0 radical (unpaired) electrons. The standard InChI is InChI=1S/C13H19N5O/c1-14-11(10-4-2-3-5-10)9-18-13(19)17-7-6-15-8-12(17)16-18/h6-8,10-11,14H,2-5,9H2,1H3. The molecule has 6 heteroatoms. The third-order valence-electron chi connectivity index (χ3n) is 4.10. The normalized spacial score (nSPS) is 18.2. The highest BCUT2D eigenvalue weighted by molar-refractivity contribution is 5.31. The lowest BCUT2D eigenvalue weighted by Gasteiger charge is -2.22. The first kappa shape index (κ1) is 12.3. The van der Waals surface area contributed by atoms with Gasteiger partial charge in [0.1, 0.15) is 0 Å². The van der Waals surface area contributed by atoms with Gasteiger partial charge < -0.3 is 5.32 Å². The van der Waals surface area contributed by atoms with Crippen molar-refractivity contribution < 1.29 is 0 Å². The Bertz CT molecular complexity index is 611. The van der Waals surface area contributed by atoms with Gasteiger partial charge in [0.2, 0.25) is 0 Å². The van der Waals surface area contributed by atoms with Gasteiger partial charge in [0, 0.05) is 18.4 Å².